The van der Waals surface area contributed by atoms with Crippen molar-refractivity contribution < 1.29 is 13.2 Å². The summed E-state index contributed by atoms with van der Waals surface area (Å²) in [5.74, 6) is 1.72. The topological polar surface area (TPSA) is 43.6 Å². The Morgan fingerprint density at radius 3 is 2.64 bits per heavy atom. The van der Waals surface area contributed by atoms with Gasteiger partial charge < -0.3 is 0 Å². The van der Waals surface area contributed by atoms with E-state index in [4.69, 9.17) is 0 Å². The first-order chi connectivity index (χ1) is 16.0. The Kier molecular flexibility index (Phi) is 8.28. The van der Waals surface area contributed by atoms with E-state index in [2.05, 4.69) is 21.5 Å². The summed E-state index contributed by atoms with van der Waals surface area (Å²) >= 11 is 1.69. The standard InChI is InChI=1S/C25H31F3N4S/c26-25(27,28)20-10-11-22-23(17-20)29-13-12-24(22)33-15-7-2-1-6-14-32-18-21(30-31-32)16-19-8-4-3-5-9-19/h10-13,17-19H,1-9,14-16H2. The van der Waals surface area contributed by atoms with Crippen LogP contribution in [0, 0.1) is 5.92 Å². The fourth-order valence-electron chi connectivity index (χ4n) is 4.56. The quantitative estimate of drug-likeness (QED) is 0.227. The van der Waals surface area contributed by atoms with Crippen molar-refractivity contribution in [3.8, 4) is 0 Å². The Labute approximate surface area is 197 Å². The molecule has 1 saturated carbocycles. The second-order valence-corrected chi connectivity index (χ2v) is 10.1. The predicted octanol–water partition coefficient (Wildman–Crippen LogP) is 7.32. The normalized spacial score (nSPS) is 15.4. The highest BCUT2D eigenvalue weighted by atomic mass is 32.2. The number of hydrogen-bond acceptors (Lipinski definition) is 4. The second-order valence-electron chi connectivity index (χ2n) is 8.98. The molecule has 0 radical (unpaired) electrons. The first-order valence-electron chi connectivity index (χ1n) is 12.0. The van der Waals surface area contributed by atoms with Gasteiger partial charge in [-0.25, -0.2) is 0 Å². The van der Waals surface area contributed by atoms with E-state index in [0.29, 0.717) is 5.52 Å². The zero-order chi connectivity index (χ0) is 23.1. The summed E-state index contributed by atoms with van der Waals surface area (Å²) in [6, 6.07) is 5.69. The van der Waals surface area contributed by atoms with E-state index < -0.39 is 11.7 Å². The predicted molar refractivity (Wildman–Crippen MR) is 126 cm³/mol. The molecule has 178 valence electrons. The molecular formula is C25H31F3N4S. The van der Waals surface area contributed by atoms with Gasteiger partial charge in [-0.2, -0.15) is 13.2 Å². The lowest BCUT2D eigenvalue weighted by Gasteiger charge is -2.19. The van der Waals surface area contributed by atoms with Gasteiger partial charge in [-0.05, 0) is 49.1 Å². The molecule has 1 aliphatic carbocycles. The van der Waals surface area contributed by atoms with Crippen molar-refractivity contribution in [1.82, 2.24) is 20.0 Å². The van der Waals surface area contributed by atoms with Crippen LogP contribution in [0.4, 0.5) is 13.2 Å². The Balaban J connectivity index is 1.15. The number of nitrogens with zero attached hydrogens (tertiary/aromatic N) is 4. The van der Waals surface area contributed by atoms with Crippen LogP contribution in [-0.4, -0.2) is 25.7 Å². The average molecular weight is 477 g/mol. The lowest BCUT2D eigenvalue weighted by molar-refractivity contribution is -0.137. The SMILES string of the molecule is FC(F)(F)c1ccc2c(SCCCCCCn3cc(CC4CCCCC4)nn3)ccnc2c1. The number of aryl methyl sites for hydroxylation is 1. The summed E-state index contributed by atoms with van der Waals surface area (Å²) in [6.07, 6.45) is 11.6. The molecule has 1 fully saturated rings. The maximum Gasteiger partial charge on any atom is 0.416 e. The largest absolute Gasteiger partial charge is 0.416 e. The van der Waals surface area contributed by atoms with Crippen LogP contribution < -0.4 is 0 Å². The number of hydrogen-bond donors (Lipinski definition) is 0. The number of fused-ring (bicyclic) bond motifs is 1. The molecule has 1 aromatic carbocycles. The Bertz CT molecular complexity index is 1030. The van der Waals surface area contributed by atoms with Gasteiger partial charge in [0.15, 0.2) is 0 Å². The van der Waals surface area contributed by atoms with Gasteiger partial charge in [0.2, 0.25) is 0 Å². The van der Waals surface area contributed by atoms with E-state index in [-0.39, 0.29) is 0 Å². The van der Waals surface area contributed by atoms with Crippen LogP contribution >= 0.6 is 11.8 Å². The molecule has 2 aromatic heterocycles. The van der Waals surface area contributed by atoms with Crippen molar-refractivity contribution >= 4 is 22.7 Å². The zero-order valence-corrected chi connectivity index (χ0v) is 19.7. The van der Waals surface area contributed by atoms with E-state index >= 15 is 0 Å². The van der Waals surface area contributed by atoms with Crippen LogP contribution in [0.3, 0.4) is 0 Å². The molecule has 0 bridgehead atoms. The van der Waals surface area contributed by atoms with Crippen molar-refractivity contribution in [2.45, 2.75) is 81.8 Å². The van der Waals surface area contributed by atoms with E-state index in [0.717, 1.165) is 78.4 Å². The van der Waals surface area contributed by atoms with Crippen LogP contribution in [0.25, 0.3) is 10.9 Å². The number of aromatic nitrogens is 4. The van der Waals surface area contributed by atoms with Crippen LogP contribution in [0.1, 0.15) is 69.0 Å². The summed E-state index contributed by atoms with van der Waals surface area (Å²) in [4.78, 5) is 5.11. The molecule has 2 heterocycles. The molecule has 0 saturated heterocycles. The average Bonchev–Trinajstić information content (AvgIpc) is 3.25. The number of halogens is 3. The molecule has 8 heteroatoms. The van der Waals surface area contributed by atoms with Crippen molar-refractivity contribution in [1.29, 1.82) is 0 Å². The van der Waals surface area contributed by atoms with Crippen LogP contribution in [0.2, 0.25) is 0 Å². The number of alkyl halides is 3. The summed E-state index contributed by atoms with van der Waals surface area (Å²) in [5.41, 5.74) is 0.869. The Morgan fingerprint density at radius 1 is 1.00 bits per heavy atom. The third kappa shape index (κ3) is 6.95. The molecule has 0 aliphatic heterocycles. The van der Waals surface area contributed by atoms with E-state index in [1.807, 2.05) is 10.7 Å². The number of rotatable bonds is 10. The highest BCUT2D eigenvalue weighted by molar-refractivity contribution is 7.99. The molecule has 3 aromatic rings. The molecule has 0 atom stereocenters. The van der Waals surface area contributed by atoms with Gasteiger partial charge in [0.1, 0.15) is 0 Å². The molecule has 0 N–H and O–H groups in total. The van der Waals surface area contributed by atoms with E-state index in [9.17, 15) is 13.2 Å². The third-order valence-electron chi connectivity index (χ3n) is 6.38. The highest BCUT2D eigenvalue weighted by Gasteiger charge is 2.30. The van der Waals surface area contributed by atoms with Crippen LogP contribution in [0.15, 0.2) is 41.6 Å². The van der Waals surface area contributed by atoms with Gasteiger partial charge in [0.25, 0.3) is 0 Å². The van der Waals surface area contributed by atoms with Gasteiger partial charge in [-0.15, -0.1) is 16.9 Å². The number of unbranched alkanes of at least 4 members (excludes halogenated alkanes) is 3. The molecular weight excluding hydrogens is 445 g/mol. The molecule has 4 rings (SSSR count). The maximum atomic E-state index is 12.9. The lowest BCUT2D eigenvalue weighted by atomic mass is 9.86. The van der Waals surface area contributed by atoms with E-state index in [1.54, 1.807) is 18.0 Å². The summed E-state index contributed by atoms with van der Waals surface area (Å²) < 4.78 is 40.8. The minimum atomic E-state index is -4.35. The molecule has 4 nitrogen and oxygen atoms in total. The van der Waals surface area contributed by atoms with Crippen LogP contribution in [0.5, 0.6) is 0 Å². The molecule has 0 unspecified atom stereocenters. The first-order valence-corrected chi connectivity index (χ1v) is 13.0. The summed E-state index contributed by atoms with van der Waals surface area (Å²) in [6.45, 7) is 0.904. The van der Waals surface area contributed by atoms with Crippen molar-refractivity contribution in [3.05, 3.63) is 47.9 Å². The van der Waals surface area contributed by atoms with Gasteiger partial charge in [0.05, 0.1) is 16.8 Å². The smallest absolute Gasteiger partial charge is 0.256 e. The lowest BCUT2D eigenvalue weighted by Crippen LogP contribution is -2.09. The second kappa shape index (κ2) is 11.4. The minimum absolute atomic E-state index is 0.394. The van der Waals surface area contributed by atoms with Gasteiger partial charge in [-0.3, -0.25) is 9.67 Å². The Morgan fingerprint density at radius 2 is 1.82 bits per heavy atom. The number of pyridine rings is 1. The Hall–Kier alpha value is -2.09. The summed E-state index contributed by atoms with van der Waals surface area (Å²) in [5, 5.41) is 9.43. The maximum absolute atomic E-state index is 12.9. The first kappa shape index (κ1) is 24.0. The minimum Gasteiger partial charge on any atom is -0.256 e. The monoisotopic (exact) mass is 476 g/mol. The number of thioether (sulfide) groups is 1. The van der Waals surface area contributed by atoms with Gasteiger partial charge in [-0.1, -0.05) is 56.2 Å². The fraction of sp³-hybridized carbons (Fsp3) is 0.560. The highest BCUT2D eigenvalue weighted by Crippen LogP contribution is 2.34. The van der Waals surface area contributed by atoms with E-state index in [1.165, 1.54) is 38.2 Å². The van der Waals surface area contributed by atoms with Gasteiger partial charge in [0, 0.05) is 29.2 Å². The van der Waals surface area contributed by atoms with Crippen molar-refractivity contribution in [3.63, 3.8) is 0 Å². The molecule has 0 amide bonds. The third-order valence-corrected chi connectivity index (χ3v) is 7.54. The fourth-order valence-corrected chi connectivity index (χ4v) is 5.62. The van der Waals surface area contributed by atoms with Crippen LogP contribution in [-0.2, 0) is 19.1 Å². The number of benzene rings is 1. The molecule has 0 spiro atoms. The molecule has 1 aliphatic rings. The molecule has 33 heavy (non-hydrogen) atoms. The summed E-state index contributed by atoms with van der Waals surface area (Å²) in [7, 11) is 0. The zero-order valence-electron chi connectivity index (χ0n) is 18.9. The van der Waals surface area contributed by atoms with Gasteiger partial charge >= 0.3 is 6.18 Å². The van der Waals surface area contributed by atoms with Crippen molar-refractivity contribution in [2.75, 3.05) is 5.75 Å². The van der Waals surface area contributed by atoms with Crippen molar-refractivity contribution in [2.24, 2.45) is 5.92 Å².